The number of hydrogen-bond acceptors (Lipinski definition) is 4. The predicted molar refractivity (Wildman–Crippen MR) is 86.6 cm³/mol. The highest BCUT2D eigenvalue weighted by molar-refractivity contribution is 5.95. The van der Waals surface area contributed by atoms with Crippen molar-refractivity contribution in [3.8, 4) is 11.5 Å². The first-order valence-electron chi connectivity index (χ1n) is 7.01. The fourth-order valence-corrected chi connectivity index (χ4v) is 2.06. The number of methoxy groups -OCH3 is 1. The van der Waals surface area contributed by atoms with Gasteiger partial charge in [-0.25, -0.2) is 0 Å². The number of nitrogens with two attached hydrogens (primary N) is 1. The van der Waals surface area contributed by atoms with E-state index in [1.54, 1.807) is 0 Å². The smallest absolute Gasteiger partial charge is 0.387 e. The van der Waals surface area contributed by atoms with Crippen molar-refractivity contribution in [1.29, 1.82) is 0 Å². The zero-order chi connectivity index (χ0) is 16.7. The van der Waals surface area contributed by atoms with Gasteiger partial charge in [0, 0.05) is 18.2 Å². The summed E-state index contributed by atoms with van der Waals surface area (Å²) in [4.78, 5) is 12.2. The van der Waals surface area contributed by atoms with E-state index in [9.17, 15) is 13.6 Å². The molecule has 0 aliphatic rings. The van der Waals surface area contributed by atoms with Crippen LogP contribution in [-0.4, -0.2) is 32.2 Å². The van der Waals surface area contributed by atoms with Gasteiger partial charge in [0.05, 0.1) is 7.11 Å². The Morgan fingerprint density at radius 1 is 1.30 bits per heavy atom. The molecule has 0 aromatic heterocycles. The quantitative estimate of drug-likeness (QED) is 0.754. The summed E-state index contributed by atoms with van der Waals surface area (Å²) in [5.74, 6) is -0.0620. The molecule has 23 heavy (non-hydrogen) atoms. The van der Waals surface area contributed by atoms with Gasteiger partial charge in [-0.3, -0.25) is 4.79 Å². The van der Waals surface area contributed by atoms with Crippen molar-refractivity contribution in [2.24, 2.45) is 11.7 Å². The summed E-state index contributed by atoms with van der Waals surface area (Å²) < 4.78 is 34.1. The zero-order valence-electron chi connectivity index (χ0n) is 13.3. The van der Waals surface area contributed by atoms with Crippen molar-refractivity contribution in [3.63, 3.8) is 0 Å². The fourth-order valence-electron chi connectivity index (χ4n) is 2.06. The minimum Gasteiger partial charge on any atom is -0.493 e. The SMILES string of the molecule is COc1ccc(C(=O)NC(CN)CC(C)C)cc1OC(F)F.Cl. The second kappa shape index (κ2) is 10.2. The molecule has 0 fully saturated rings. The van der Waals surface area contributed by atoms with E-state index in [0.717, 1.165) is 6.42 Å². The van der Waals surface area contributed by atoms with Crippen molar-refractivity contribution in [2.45, 2.75) is 32.9 Å². The van der Waals surface area contributed by atoms with Crippen LogP contribution in [0.4, 0.5) is 8.78 Å². The summed E-state index contributed by atoms with van der Waals surface area (Å²) in [5.41, 5.74) is 5.84. The van der Waals surface area contributed by atoms with Crippen molar-refractivity contribution < 1.29 is 23.0 Å². The Bertz CT molecular complexity index is 502. The number of halogens is 3. The average molecular weight is 353 g/mol. The third kappa shape index (κ3) is 7.00. The first kappa shape index (κ1) is 21.4. The van der Waals surface area contributed by atoms with Crippen molar-refractivity contribution >= 4 is 18.3 Å². The van der Waals surface area contributed by atoms with Gasteiger partial charge in [-0.05, 0) is 30.5 Å². The van der Waals surface area contributed by atoms with E-state index in [2.05, 4.69) is 10.1 Å². The minimum absolute atomic E-state index is 0. The van der Waals surface area contributed by atoms with Crippen LogP contribution in [-0.2, 0) is 0 Å². The summed E-state index contributed by atoms with van der Waals surface area (Å²) in [6.07, 6.45) is 0.735. The minimum atomic E-state index is -3.00. The number of rotatable bonds is 8. The van der Waals surface area contributed by atoms with E-state index < -0.39 is 12.5 Å². The van der Waals surface area contributed by atoms with Gasteiger partial charge in [0.25, 0.3) is 5.91 Å². The fraction of sp³-hybridized carbons (Fsp3) is 0.533. The van der Waals surface area contributed by atoms with Gasteiger partial charge in [-0.15, -0.1) is 12.4 Å². The second-order valence-electron chi connectivity index (χ2n) is 5.28. The lowest BCUT2D eigenvalue weighted by Gasteiger charge is -2.19. The van der Waals surface area contributed by atoms with Crippen LogP contribution in [0.25, 0.3) is 0 Å². The van der Waals surface area contributed by atoms with Crippen molar-refractivity contribution in [2.75, 3.05) is 13.7 Å². The number of amides is 1. The molecular formula is C15H23ClF2N2O3. The predicted octanol–water partition coefficient (Wildman–Crippen LogP) is 2.82. The highest BCUT2D eigenvalue weighted by atomic mass is 35.5. The number of ether oxygens (including phenoxy) is 2. The van der Waals surface area contributed by atoms with Crippen LogP contribution in [0, 0.1) is 5.92 Å². The number of carbonyl (C=O) groups is 1. The summed E-state index contributed by atoms with van der Waals surface area (Å²) >= 11 is 0. The normalized spacial score (nSPS) is 11.8. The number of benzene rings is 1. The Labute approximate surface area is 140 Å². The van der Waals surface area contributed by atoms with Crippen LogP contribution in [0.3, 0.4) is 0 Å². The zero-order valence-corrected chi connectivity index (χ0v) is 14.2. The van der Waals surface area contributed by atoms with Crippen molar-refractivity contribution in [1.82, 2.24) is 5.32 Å². The van der Waals surface area contributed by atoms with Crippen LogP contribution in [0.2, 0.25) is 0 Å². The second-order valence-corrected chi connectivity index (χ2v) is 5.28. The molecule has 3 N–H and O–H groups in total. The Balaban J connectivity index is 0.00000484. The van der Waals surface area contributed by atoms with Gasteiger partial charge in [-0.2, -0.15) is 8.78 Å². The lowest BCUT2D eigenvalue weighted by Crippen LogP contribution is -2.41. The summed E-state index contributed by atoms with van der Waals surface area (Å²) in [7, 11) is 1.33. The topological polar surface area (TPSA) is 73.6 Å². The first-order chi connectivity index (χ1) is 10.4. The van der Waals surface area contributed by atoms with E-state index in [4.69, 9.17) is 10.5 Å². The molecule has 0 saturated heterocycles. The number of nitrogens with one attached hydrogen (secondary N) is 1. The summed E-state index contributed by atoms with van der Waals surface area (Å²) in [6, 6.07) is 3.94. The van der Waals surface area contributed by atoms with E-state index in [0.29, 0.717) is 12.5 Å². The molecule has 0 aliphatic carbocycles. The molecule has 0 radical (unpaired) electrons. The van der Waals surface area contributed by atoms with E-state index in [1.165, 1.54) is 25.3 Å². The van der Waals surface area contributed by atoms with E-state index in [-0.39, 0.29) is 35.5 Å². The van der Waals surface area contributed by atoms with Gasteiger partial charge >= 0.3 is 6.61 Å². The first-order valence-corrected chi connectivity index (χ1v) is 7.01. The van der Waals surface area contributed by atoms with E-state index >= 15 is 0 Å². The molecule has 1 amide bonds. The highest BCUT2D eigenvalue weighted by Crippen LogP contribution is 2.29. The number of alkyl halides is 2. The van der Waals surface area contributed by atoms with Crippen molar-refractivity contribution in [3.05, 3.63) is 23.8 Å². The van der Waals surface area contributed by atoms with Gasteiger partial charge in [0.2, 0.25) is 0 Å². The molecule has 0 aliphatic heterocycles. The largest absolute Gasteiger partial charge is 0.493 e. The molecule has 1 unspecified atom stereocenters. The average Bonchev–Trinajstić information content (AvgIpc) is 2.45. The molecule has 8 heteroatoms. The van der Waals surface area contributed by atoms with E-state index in [1.807, 2.05) is 13.8 Å². The van der Waals surface area contributed by atoms with Crippen LogP contribution >= 0.6 is 12.4 Å². The molecule has 0 saturated carbocycles. The molecule has 1 rings (SSSR count). The molecule has 0 heterocycles. The van der Waals surface area contributed by atoms with Crippen LogP contribution in [0.1, 0.15) is 30.6 Å². The van der Waals surface area contributed by atoms with Gasteiger partial charge in [-0.1, -0.05) is 13.8 Å². The lowest BCUT2D eigenvalue weighted by atomic mass is 10.0. The Kier molecular flexibility index (Phi) is 9.52. The molecular weight excluding hydrogens is 330 g/mol. The van der Waals surface area contributed by atoms with Crippen LogP contribution in [0.15, 0.2) is 18.2 Å². The van der Waals surface area contributed by atoms with Gasteiger partial charge in [0.15, 0.2) is 11.5 Å². The Hall–Kier alpha value is -1.60. The van der Waals surface area contributed by atoms with Gasteiger partial charge in [0.1, 0.15) is 0 Å². The maximum atomic E-state index is 12.4. The standard InChI is InChI=1S/C15H22F2N2O3.ClH/c1-9(2)6-11(8-18)19-14(20)10-4-5-12(21-3)13(7-10)22-15(16)17;/h4-5,7,9,11,15H,6,8,18H2,1-3H3,(H,19,20);1H. The molecule has 1 aromatic rings. The monoisotopic (exact) mass is 352 g/mol. The Morgan fingerprint density at radius 2 is 1.96 bits per heavy atom. The third-order valence-corrected chi connectivity index (χ3v) is 3.02. The summed E-state index contributed by atoms with van der Waals surface area (Å²) in [5, 5.41) is 2.78. The molecule has 0 bridgehead atoms. The van der Waals surface area contributed by atoms with Crippen LogP contribution in [0.5, 0.6) is 11.5 Å². The highest BCUT2D eigenvalue weighted by Gasteiger charge is 2.17. The molecule has 1 aromatic carbocycles. The molecule has 0 spiro atoms. The third-order valence-electron chi connectivity index (χ3n) is 3.02. The number of carbonyl (C=O) groups excluding carboxylic acids is 1. The van der Waals surface area contributed by atoms with Crippen LogP contribution < -0.4 is 20.5 Å². The maximum absolute atomic E-state index is 12.4. The maximum Gasteiger partial charge on any atom is 0.387 e. The molecule has 1 atom stereocenters. The Morgan fingerprint density at radius 3 is 2.43 bits per heavy atom. The molecule has 132 valence electrons. The summed E-state index contributed by atoms with van der Waals surface area (Å²) in [6.45, 7) is 1.36. The molecule has 5 nitrogen and oxygen atoms in total. The lowest BCUT2D eigenvalue weighted by molar-refractivity contribution is -0.0512. The number of hydrogen-bond donors (Lipinski definition) is 2. The van der Waals surface area contributed by atoms with Gasteiger partial charge < -0.3 is 20.5 Å².